The summed E-state index contributed by atoms with van der Waals surface area (Å²) in [5.41, 5.74) is 11.7. The van der Waals surface area contributed by atoms with Crippen molar-refractivity contribution in [3.05, 3.63) is 23.6 Å². The minimum atomic E-state index is -0.176. The van der Waals surface area contributed by atoms with E-state index in [-0.39, 0.29) is 18.4 Å². The molecule has 0 radical (unpaired) electrons. The minimum Gasteiger partial charge on any atom is -0.383 e. The highest BCUT2D eigenvalue weighted by molar-refractivity contribution is 7.13. The second kappa shape index (κ2) is 4.33. The monoisotopic (exact) mass is 243 g/mol. The Labute approximate surface area is 96.6 Å². The zero-order valence-corrected chi connectivity index (χ0v) is 9.31. The summed E-state index contributed by atoms with van der Waals surface area (Å²) in [6, 6.07) is 5.58. The molecular weight excluding hydrogens is 234 g/mol. The molecular formula is C8H10ClN5S. The summed E-state index contributed by atoms with van der Waals surface area (Å²) < 4.78 is 1.20. The van der Waals surface area contributed by atoms with Gasteiger partial charge in [0.1, 0.15) is 11.5 Å². The standard InChI is InChI=1S/C8H9N5S.ClH/c9-7-4-5(6-2-1-3-14-6)12-13(7)8(10)11;/h1-4H,9H2,(H3,10,11);1H. The summed E-state index contributed by atoms with van der Waals surface area (Å²) in [5, 5.41) is 13.3. The zero-order chi connectivity index (χ0) is 10.1. The highest BCUT2D eigenvalue weighted by Crippen LogP contribution is 2.24. The van der Waals surface area contributed by atoms with Gasteiger partial charge in [-0.05, 0) is 11.4 Å². The van der Waals surface area contributed by atoms with Gasteiger partial charge in [-0.1, -0.05) is 6.07 Å². The highest BCUT2D eigenvalue weighted by atomic mass is 35.5. The molecule has 5 N–H and O–H groups in total. The Balaban J connectivity index is 0.00000112. The topological polar surface area (TPSA) is 93.7 Å². The van der Waals surface area contributed by atoms with Crippen LogP contribution in [-0.4, -0.2) is 15.7 Å². The lowest BCUT2D eigenvalue weighted by Crippen LogP contribution is -2.23. The summed E-state index contributed by atoms with van der Waals surface area (Å²) in [6.07, 6.45) is 0. The maximum Gasteiger partial charge on any atom is 0.215 e. The molecule has 0 aliphatic rings. The average Bonchev–Trinajstić information content (AvgIpc) is 2.70. The molecule has 80 valence electrons. The van der Waals surface area contributed by atoms with Crippen molar-refractivity contribution < 1.29 is 0 Å². The van der Waals surface area contributed by atoms with Gasteiger partial charge in [-0.25, -0.2) is 0 Å². The van der Waals surface area contributed by atoms with E-state index >= 15 is 0 Å². The van der Waals surface area contributed by atoms with Gasteiger partial charge in [-0.2, -0.15) is 9.78 Å². The quantitative estimate of drug-likeness (QED) is 0.521. The van der Waals surface area contributed by atoms with Crippen LogP contribution in [0.1, 0.15) is 0 Å². The lowest BCUT2D eigenvalue weighted by molar-refractivity contribution is 0.926. The molecule has 0 atom stereocenters. The van der Waals surface area contributed by atoms with Crippen LogP contribution >= 0.6 is 23.7 Å². The number of hydrogen-bond donors (Lipinski definition) is 3. The van der Waals surface area contributed by atoms with Gasteiger partial charge in [-0.3, -0.25) is 5.41 Å². The van der Waals surface area contributed by atoms with E-state index in [0.29, 0.717) is 5.82 Å². The van der Waals surface area contributed by atoms with E-state index in [1.165, 1.54) is 4.68 Å². The first kappa shape index (κ1) is 11.5. The van der Waals surface area contributed by atoms with Crippen LogP contribution in [0.15, 0.2) is 23.6 Å². The van der Waals surface area contributed by atoms with Crippen LogP contribution in [-0.2, 0) is 0 Å². The molecule has 0 unspecified atom stereocenters. The van der Waals surface area contributed by atoms with Crippen LogP contribution in [0.3, 0.4) is 0 Å². The molecule has 2 aromatic heterocycles. The zero-order valence-electron chi connectivity index (χ0n) is 7.68. The second-order valence-corrected chi connectivity index (χ2v) is 3.68. The van der Waals surface area contributed by atoms with Crippen molar-refractivity contribution in [2.75, 3.05) is 5.73 Å². The predicted molar refractivity (Wildman–Crippen MR) is 64.5 cm³/mol. The minimum absolute atomic E-state index is 0. The highest BCUT2D eigenvalue weighted by Gasteiger charge is 2.08. The maximum atomic E-state index is 7.22. The first-order valence-corrected chi connectivity index (χ1v) is 4.80. The van der Waals surface area contributed by atoms with Crippen molar-refractivity contribution in [3.8, 4) is 10.6 Å². The summed E-state index contributed by atoms with van der Waals surface area (Å²) in [6.45, 7) is 0. The fourth-order valence-corrected chi connectivity index (χ4v) is 1.81. The Morgan fingerprint density at radius 3 is 2.73 bits per heavy atom. The Morgan fingerprint density at radius 1 is 1.53 bits per heavy atom. The first-order valence-electron chi connectivity index (χ1n) is 3.92. The lowest BCUT2D eigenvalue weighted by atomic mass is 10.3. The Morgan fingerprint density at radius 2 is 2.27 bits per heavy atom. The predicted octanol–water partition coefficient (Wildman–Crippen LogP) is 1.36. The largest absolute Gasteiger partial charge is 0.383 e. The van der Waals surface area contributed by atoms with Crippen LogP contribution in [0.2, 0.25) is 0 Å². The van der Waals surface area contributed by atoms with E-state index in [1.807, 2.05) is 17.5 Å². The molecule has 0 saturated carbocycles. The number of nitrogen functional groups attached to an aromatic ring is 2. The number of thiophene rings is 1. The number of nitrogens with zero attached hydrogens (tertiary/aromatic N) is 2. The number of nitrogens with two attached hydrogens (primary N) is 2. The Bertz CT molecular complexity index is 461. The van der Waals surface area contributed by atoms with Crippen molar-refractivity contribution in [1.82, 2.24) is 9.78 Å². The van der Waals surface area contributed by atoms with Crippen LogP contribution in [0.25, 0.3) is 10.6 Å². The summed E-state index contributed by atoms with van der Waals surface area (Å²) in [4.78, 5) is 1.01. The van der Waals surface area contributed by atoms with Crippen LogP contribution in [0.5, 0.6) is 0 Å². The van der Waals surface area contributed by atoms with Crippen molar-refractivity contribution in [2.24, 2.45) is 5.73 Å². The van der Waals surface area contributed by atoms with E-state index < -0.39 is 0 Å². The fraction of sp³-hybridized carbons (Fsp3) is 0. The van der Waals surface area contributed by atoms with E-state index in [2.05, 4.69) is 5.10 Å². The van der Waals surface area contributed by atoms with Crippen LogP contribution in [0, 0.1) is 5.41 Å². The molecule has 0 spiro atoms. The molecule has 15 heavy (non-hydrogen) atoms. The van der Waals surface area contributed by atoms with Crippen molar-refractivity contribution >= 4 is 35.5 Å². The summed E-state index contributed by atoms with van der Waals surface area (Å²) in [5.74, 6) is 0.200. The van der Waals surface area contributed by atoms with E-state index in [1.54, 1.807) is 17.4 Å². The lowest BCUT2D eigenvalue weighted by Gasteiger charge is -1.97. The number of rotatable bonds is 1. The maximum absolute atomic E-state index is 7.22. The third kappa shape index (κ3) is 2.11. The van der Waals surface area contributed by atoms with Crippen molar-refractivity contribution in [3.63, 3.8) is 0 Å². The third-order valence-corrected chi connectivity index (χ3v) is 2.63. The molecule has 0 fully saturated rings. The molecule has 0 aliphatic heterocycles. The average molecular weight is 244 g/mol. The number of halogens is 1. The molecule has 2 aromatic rings. The summed E-state index contributed by atoms with van der Waals surface area (Å²) in [7, 11) is 0. The number of nitrogens with one attached hydrogen (secondary N) is 1. The van der Waals surface area contributed by atoms with Gasteiger partial charge in [0, 0.05) is 6.07 Å². The summed E-state index contributed by atoms with van der Waals surface area (Å²) >= 11 is 1.57. The molecule has 7 heteroatoms. The van der Waals surface area contributed by atoms with Gasteiger partial charge in [0.2, 0.25) is 5.96 Å². The van der Waals surface area contributed by atoms with Crippen LogP contribution in [0.4, 0.5) is 5.82 Å². The van der Waals surface area contributed by atoms with E-state index in [4.69, 9.17) is 16.9 Å². The van der Waals surface area contributed by atoms with Gasteiger partial charge in [0.15, 0.2) is 0 Å². The normalized spacial score (nSPS) is 9.60. The first-order chi connectivity index (χ1) is 6.68. The molecule has 0 aromatic carbocycles. The molecule has 2 rings (SSSR count). The van der Waals surface area contributed by atoms with Gasteiger partial charge in [-0.15, -0.1) is 23.7 Å². The van der Waals surface area contributed by atoms with Gasteiger partial charge in [0.25, 0.3) is 0 Å². The molecule has 5 nitrogen and oxygen atoms in total. The van der Waals surface area contributed by atoms with Gasteiger partial charge >= 0.3 is 0 Å². The Kier molecular flexibility index (Phi) is 3.33. The molecule has 2 heterocycles. The smallest absolute Gasteiger partial charge is 0.215 e. The number of anilines is 1. The fourth-order valence-electron chi connectivity index (χ4n) is 1.13. The van der Waals surface area contributed by atoms with Crippen LogP contribution < -0.4 is 11.5 Å². The Hall–Kier alpha value is -1.53. The second-order valence-electron chi connectivity index (χ2n) is 2.73. The molecule has 0 bridgehead atoms. The SMILES string of the molecule is Cl.N=C(N)n1nc(-c2cccs2)cc1N. The van der Waals surface area contributed by atoms with Crippen molar-refractivity contribution in [2.45, 2.75) is 0 Å². The molecule has 0 amide bonds. The number of aromatic nitrogens is 2. The van der Waals surface area contributed by atoms with E-state index in [0.717, 1.165) is 10.6 Å². The molecule has 0 aliphatic carbocycles. The van der Waals surface area contributed by atoms with Gasteiger partial charge < -0.3 is 11.5 Å². The van der Waals surface area contributed by atoms with Crippen molar-refractivity contribution in [1.29, 1.82) is 5.41 Å². The number of hydrogen-bond acceptors (Lipinski definition) is 4. The third-order valence-electron chi connectivity index (χ3n) is 1.74. The van der Waals surface area contributed by atoms with E-state index in [9.17, 15) is 0 Å². The molecule has 0 saturated heterocycles. The van der Waals surface area contributed by atoms with Gasteiger partial charge in [0.05, 0.1) is 4.88 Å².